The van der Waals surface area contributed by atoms with Gasteiger partial charge in [0.2, 0.25) is 5.91 Å². The van der Waals surface area contributed by atoms with Gasteiger partial charge in [-0.25, -0.2) is 0 Å². The van der Waals surface area contributed by atoms with E-state index in [4.69, 9.17) is 10.5 Å². The second kappa shape index (κ2) is 6.90. The molecule has 0 radical (unpaired) electrons. The quantitative estimate of drug-likeness (QED) is 0.828. The van der Waals surface area contributed by atoms with Crippen LogP contribution in [0.2, 0.25) is 0 Å². The largest absolute Gasteiger partial charge is 0.399 e. The SMILES string of the molecule is Cc1ccc(N)cc1NC(=O)COC(C)c1ccccc1. The van der Waals surface area contributed by atoms with Crippen molar-refractivity contribution in [3.8, 4) is 0 Å². The second-order valence-electron chi connectivity index (χ2n) is 4.99. The molecule has 0 bridgehead atoms. The van der Waals surface area contributed by atoms with Crippen molar-refractivity contribution in [3.63, 3.8) is 0 Å². The fraction of sp³-hybridized carbons (Fsp3) is 0.235. The van der Waals surface area contributed by atoms with Crippen molar-refractivity contribution in [3.05, 3.63) is 59.7 Å². The molecule has 0 aliphatic rings. The third kappa shape index (κ3) is 4.33. The van der Waals surface area contributed by atoms with Crippen molar-refractivity contribution in [2.45, 2.75) is 20.0 Å². The van der Waals surface area contributed by atoms with Crippen molar-refractivity contribution in [2.75, 3.05) is 17.7 Å². The Hall–Kier alpha value is -2.33. The Bertz CT molecular complexity index is 611. The molecule has 4 nitrogen and oxygen atoms in total. The number of nitrogens with one attached hydrogen (secondary N) is 1. The summed E-state index contributed by atoms with van der Waals surface area (Å²) in [5.41, 5.74) is 9.07. The number of rotatable bonds is 5. The Kier molecular flexibility index (Phi) is 4.95. The molecule has 0 aliphatic carbocycles. The number of nitrogen functional groups attached to an aromatic ring is 1. The molecule has 1 amide bonds. The highest BCUT2D eigenvalue weighted by Crippen LogP contribution is 2.19. The maximum absolute atomic E-state index is 11.9. The molecule has 1 atom stereocenters. The third-order valence-corrected chi connectivity index (χ3v) is 3.27. The molecular weight excluding hydrogens is 264 g/mol. The van der Waals surface area contributed by atoms with Crippen molar-refractivity contribution < 1.29 is 9.53 Å². The molecule has 2 aromatic rings. The number of hydrogen-bond acceptors (Lipinski definition) is 3. The Balaban J connectivity index is 1.89. The van der Waals surface area contributed by atoms with Crippen LogP contribution in [0.4, 0.5) is 11.4 Å². The van der Waals surface area contributed by atoms with Gasteiger partial charge in [-0.2, -0.15) is 0 Å². The Morgan fingerprint density at radius 1 is 1.24 bits per heavy atom. The van der Waals surface area contributed by atoms with E-state index in [2.05, 4.69) is 5.32 Å². The Morgan fingerprint density at radius 2 is 1.95 bits per heavy atom. The maximum Gasteiger partial charge on any atom is 0.250 e. The highest BCUT2D eigenvalue weighted by atomic mass is 16.5. The summed E-state index contributed by atoms with van der Waals surface area (Å²) in [4.78, 5) is 11.9. The summed E-state index contributed by atoms with van der Waals surface area (Å²) in [5, 5.41) is 2.81. The molecule has 0 aromatic heterocycles. The van der Waals surface area contributed by atoms with Crippen LogP contribution in [0.15, 0.2) is 48.5 Å². The molecule has 21 heavy (non-hydrogen) atoms. The third-order valence-electron chi connectivity index (χ3n) is 3.27. The number of amides is 1. The summed E-state index contributed by atoms with van der Waals surface area (Å²) in [6.07, 6.45) is -0.126. The molecule has 0 aliphatic heterocycles. The summed E-state index contributed by atoms with van der Waals surface area (Å²) in [7, 11) is 0. The maximum atomic E-state index is 11.9. The molecule has 0 heterocycles. The number of nitrogens with two attached hydrogens (primary N) is 1. The van der Waals surface area contributed by atoms with Gasteiger partial charge < -0.3 is 15.8 Å². The van der Waals surface area contributed by atoms with Crippen LogP contribution in [0.5, 0.6) is 0 Å². The lowest BCUT2D eigenvalue weighted by molar-refractivity contribution is -0.122. The van der Waals surface area contributed by atoms with Crippen LogP contribution in [0.3, 0.4) is 0 Å². The standard InChI is InChI=1S/C17H20N2O2/c1-12-8-9-15(18)10-16(12)19-17(20)11-21-13(2)14-6-4-3-5-7-14/h3-10,13H,11,18H2,1-2H3,(H,19,20). The van der Waals surface area contributed by atoms with E-state index >= 15 is 0 Å². The van der Waals surface area contributed by atoms with Crippen LogP contribution in [-0.4, -0.2) is 12.5 Å². The fourth-order valence-corrected chi connectivity index (χ4v) is 1.98. The molecule has 4 heteroatoms. The molecule has 3 N–H and O–H groups in total. The second-order valence-corrected chi connectivity index (χ2v) is 4.99. The van der Waals surface area contributed by atoms with E-state index < -0.39 is 0 Å². The molecule has 0 saturated heterocycles. The summed E-state index contributed by atoms with van der Waals surface area (Å²) in [6, 6.07) is 15.2. The van der Waals surface area contributed by atoms with Crippen molar-refractivity contribution in [2.24, 2.45) is 0 Å². The summed E-state index contributed by atoms with van der Waals surface area (Å²) in [5.74, 6) is -0.188. The zero-order chi connectivity index (χ0) is 15.2. The van der Waals surface area contributed by atoms with Gasteiger partial charge in [0.1, 0.15) is 6.61 Å². The number of anilines is 2. The minimum Gasteiger partial charge on any atom is -0.399 e. The average molecular weight is 284 g/mol. The number of ether oxygens (including phenoxy) is 1. The van der Waals surface area contributed by atoms with E-state index in [1.807, 2.05) is 50.2 Å². The molecule has 0 saturated carbocycles. The van der Waals surface area contributed by atoms with Gasteiger partial charge in [-0.1, -0.05) is 36.4 Å². The molecule has 0 spiro atoms. The minimum atomic E-state index is -0.188. The Labute approximate surface area is 124 Å². The predicted octanol–water partition coefficient (Wildman–Crippen LogP) is 3.29. The first-order valence-electron chi connectivity index (χ1n) is 6.89. The van der Waals surface area contributed by atoms with Crippen molar-refractivity contribution in [1.29, 1.82) is 0 Å². The van der Waals surface area contributed by atoms with Gasteiger partial charge in [0.25, 0.3) is 0 Å². The number of carbonyl (C=O) groups is 1. The summed E-state index contributed by atoms with van der Waals surface area (Å²) < 4.78 is 5.59. The van der Waals surface area contributed by atoms with Gasteiger partial charge in [0.15, 0.2) is 0 Å². The van der Waals surface area contributed by atoms with Crippen molar-refractivity contribution in [1.82, 2.24) is 0 Å². The van der Waals surface area contributed by atoms with Gasteiger partial charge in [-0.05, 0) is 37.1 Å². The number of aryl methyl sites for hydroxylation is 1. The number of benzene rings is 2. The van der Waals surface area contributed by atoms with Gasteiger partial charge in [-0.3, -0.25) is 4.79 Å². The van der Waals surface area contributed by atoms with Gasteiger partial charge in [0, 0.05) is 11.4 Å². The zero-order valence-electron chi connectivity index (χ0n) is 12.3. The monoisotopic (exact) mass is 284 g/mol. The molecule has 2 rings (SSSR count). The van der Waals surface area contributed by atoms with Gasteiger partial charge in [-0.15, -0.1) is 0 Å². The lowest BCUT2D eigenvalue weighted by Gasteiger charge is -2.14. The van der Waals surface area contributed by atoms with Crippen LogP contribution in [0.1, 0.15) is 24.2 Å². The lowest BCUT2D eigenvalue weighted by Crippen LogP contribution is -2.20. The Morgan fingerprint density at radius 3 is 2.67 bits per heavy atom. The normalized spacial score (nSPS) is 11.9. The first-order valence-corrected chi connectivity index (χ1v) is 6.89. The van der Waals surface area contributed by atoms with Crippen LogP contribution in [0.25, 0.3) is 0 Å². The number of carbonyl (C=O) groups excluding carboxylic acids is 1. The van der Waals surface area contributed by atoms with Crippen LogP contribution in [-0.2, 0) is 9.53 Å². The fourth-order valence-electron chi connectivity index (χ4n) is 1.98. The first kappa shape index (κ1) is 15.1. The van der Waals surface area contributed by atoms with Crippen LogP contribution < -0.4 is 11.1 Å². The summed E-state index contributed by atoms with van der Waals surface area (Å²) in [6.45, 7) is 3.85. The van der Waals surface area contributed by atoms with Crippen molar-refractivity contribution >= 4 is 17.3 Å². The van der Waals surface area contributed by atoms with E-state index in [1.165, 1.54) is 0 Å². The highest BCUT2D eigenvalue weighted by Gasteiger charge is 2.10. The van der Waals surface area contributed by atoms with Crippen LogP contribution >= 0.6 is 0 Å². The van der Waals surface area contributed by atoms with Gasteiger partial charge in [0.05, 0.1) is 6.10 Å². The molecule has 2 aromatic carbocycles. The first-order chi connectivity index (χ1) is 10.1. The summed E-state index contributed by atoms with van der Waals surface area (Å²) >= 11 is 0. The smallest absolute Gasteiger partial charge is 0.250 e. The topological polar surface area (TPSA) is 64.3 Å². The molecule has 110 valence electrons. The average Bonchev–Trinajstić information content (AvgIpc) is 2.49. The van der Waals surface area contributed by atoms with E-state index in [9.17, 15) is 4.79 Å². The minimum absolute atomic E-state index is 0.00427. The highest BCUT2D eigenvalue weighted by molar-refractivity contribution is 5.92. The van der Waals surface area contributed by atoms with E-state index in [0.717, 1.165) is 16.8 Å². The molecule has 1 unspecified atom stereocenters. The van der Waals surface area contributed by atoms with Gasteiger partial charge >= 0.3 is 0 Å². The number of hydrogen-bond donors (Lipinski definition) is 2. The van der Waals surface area contributed by atoms with Crippen LogP contribution in [0, 0.1) is 6.92 Å². The lowest BCUT2D eigenvalue weighted by atomic mass is 10.1. The van der Waals surface area contributed by atoms with E-state index in [1.54, 1.807) is 12.1 Å². The molecular formula is C17H20N2O2. The van der Waals surface area contributed by atoms with E-state index in [-0.39, 0.29) is 18.6 Å². The molecule has 0 fully saturated rings. The van der Waals surface area contributed by atoms with E-state index in [0.29, 0.717) is 5.69 Å². The predicted molar refractivity (Wildman–Crippen MR) is 85.0 cm³/mol. The zero-order valence-corrected chi connectivity index (χ0v) is 12.3.